The van der Waals surface area contributed by atoms with Gasteiger partial charge >= 0.3 is 6.18 Å². The van der Waals surface area contributed by atoms with Crippen molar-refractivity contribution in [2.45, 2.75) is 18.1 Å². The number of benzene rings is 1. The Labute approximate surface area is 183 Å². The van der Waals surface area contributed by atoms with Gasteiger partial charge in [0.15, 0.2) is 5.65 Å². The second-order valence-electron chi connectivity index (χ2n) is 8.71. The Bertz CT molecular complexity index is 1350. The van der Waals surface area contributed by atoms with E-state index in [2.05, 4.69) is 20.0 Å². The van der Waals surface area contributed by atoms with E-state index in [0.29, 0.717) is 36.5 Å². The second kappa shape index (κ2) is 6.38. The van der Waals surface area contributed by atoms with Crippen LogP contribution in [0.5, 0.6) is 0 Å². The van der Waals surface area contributed by atoms with Gasteiger partial charge in [0, 0.05) is 19.0 Å². The zero-order valence-electron chi connectivity index (χ0n) is 16.7. The number of fused-ring (bicyclic) bond motifs is 3. The maximum Gasteiger partial charge on any atom is 0.416 e. The number of ether oxygens (including phenoxy) is 1. The SMILES string of the molecule is FC(F)(F)c1ccc2sc(C3[C@H]4CN(c5cnc6cnn(C7COC7)c6n5)C[C@@H]34)nc2c1. The normalized spacial score (nSPS) is 25.5. The first-order valence-electron chi connectivity index (χ1n) is 10.5. The van der Waals surface area contributed by atoms with Gasteiger partial charge in [-0.2, -0.15) is 18.3 Å². The number of anilines is 1. The van der Waals surface area contributed by atoms with E-state index in [-0.39, 0.29) is 6.04 Å². The minimum atomic E-state index is -4.35. The number of hydrogen-bond donors (Lipinski definition) is 0. The summed E-state index contributed by atoms with van der Waals surface area (Å²) in [6, 6.07) is 4.03. The number of hydrogen-bond acceptors (Lipinski definition) is 7. The Kier molecular flexibility index (Phi) is 3.74. The van der Waals surface area contributed by atoms with E-state index in [9.17, 15) is 13.2 Å². The Morgan fingerprint density at radius 3 is 2.56 bits per heavy atom. The molecule has 2 saturated heterocycles. The molecule has 3 fully saturated rings. The smallest absolute Gasteiger partial charge is 0.377 e. The largest absolute Gasteiger partial charge is 0.416 e. The fraction of sp³-hybridized carbons (Fsp3) is 0.429. The molecule has 1 aliphatic carbocycles. The van der Waals surface area contributed by atoms with Gasteiger partial charge in [-0.3, -0.25) is 0 Å². The molecule has 0 spiro atoms. The van der Waals surface area contributed by atoms with Gasteiger partial charge in [-0.25, -0.2) is 19.6 Å². The van der Waals surface area contributed by atoms with Gasteiger partial charge in [-0.15, -0.1) is 11.3 Å². The summed E-state index contributed by atoms with van der Waals surface area (Å²) < 4.78 is 47.0. The molecule has 3 aliphatic rings. The van der Waals surface area contributed by atoms with Crippen LogP contribution >= 0.6 is 11.3 Å². The lowest BCUT2D eigenvalue weighted by Gasteiger charge is -2.26. The minimum absolute atomic E-state index is 0.213. The van der Waals surface area contributed by atoms with Crippen molar-refractivity contribution >= 4 is 38.5 Å². The first-order valence-corrected chi connectivity index (χ1v) is 11.3. The molecule has 0 N–H and O–H groups in total. The zero-order chi connectivity index (χ0) is 21.6. The molecule has 0 amide bonds. The average molecular weight is 458 g/mol. The van der Waals surface area contributed by atoms with Gasteiger partial charge in [-0.05, 0) is 30.0 Å². The molecule has 4 aromatic rings. The Morgan fingerprint density at radius 1 is 1.03 bits per heavy atom. The van der Waals surface area contributed by atoms with Gasteiger partial charge in [0.2, 0.25) is 0 Å². The van der Waals surface area contributed by atoms with Crippen LogP contribution in [-0.2, 0) is 10.9 Å². The summed E-state index contributed by atoms with van der Waals surface area (Å²) in [7, 11) is 0. The number of alkyl halides is 3. The van der Waals surface area contributed by atoms with Gasteiger partial charge in [0.25, 0.3) is 0 Å². The Hall–Kier alpha value is -2.79. The zero-order valence-corrected chi connectivity index (χ0v) is 17.5. The fourth-order valence-electron chi connectivity index (χ4n) is 4.94. The molecular weight excluding hydrogens is 441 g/mol. The van der Waals surface area contributed by atoms with E-state index in [1.165, 1.54) is 17.4 Å². The van der Waals surface area contributed by atoms with Gasteiger partial charge < -0.3 is 9.64 Å². The third kappa shape index (κ3) is 2.77. The summed E-state index contributed by atoms with van der Waals surface area (Å²) in [6.07, 6.45) is -0.821. The molecule has 1 aromatic carbocycles. The molecule has 7 rings (SSSR count). The number of thiazole rings is 1. The van der Waals surface area contributed by atoms with Crippen molar-refractivity contribution in [3.8, 4) is 0 Å². The molecule has 164 valence electrons. The van der Waals surface area contributed by atoms with Crippen molar-refractivity contribution in [3.05, 3.63) is 41.2 Å². The van der Waals surface area contributed by atoms with Crippen molar-refractivity contribution in [1.82, 2.24) is 24.7 Å². The van der Waals surface area contributed by atoms with Gasteiger partial charge in [0.05, 0.1) is 46.4 Å². The van der Waals surface area contributed by atoms with E-state index < -0.39 is 11.7 Å². The minimum Gasteiger partial charge on any atom is -0.377 e. The first-order chi connectivity index (χ1) is 15.5. The van der Waals surface area contributed by atoms with Crippen molar-refractivity contribution in [3.63, 3.8) is 0 Å². The van der Waals surface area contributed by atoms with E-state index in [4.69, 9.17) is 9.72 Å². The van der Waals surface area contributed by atoms with Crippen LogP contribution in [0.15, 0.2) is 30.6 Å². The predicted molar refractivity (Wildman–Crippen MR) is 112 cm³/mol. The van der Waals surface area contributed by atoms with Gasteiger partial charge in [0.1, 0.15) is 17.4 Å². The quantitative estimate of drug-likeness (QED) is 0.464. The van der Waals surface area contributed by atoms with Crippen LogP contribution in [0.2, 0.25) is 0 Å². The summed E-state index contributed by atoms with van der Waals surface area (Å²) in [5, 5.41) is 5.36. The summed E-state index contributed by atoms with van der Waals surface area (Å²) in [6.45, 7) is 2.98. The van der Waals surface area contributed by atoms with Crippen molar-refractivity contribution in [2.75, 3.05) is 31.2 Å². The highest BCUT2D eigenvalue weighted by atomic mass is 32.1. The first kappa shape index (κ1) is 18.8. The highest BCUT2D eigenvalue weighted by molar-refractivity contribution is 7.18. The Morgan fingerprint density at radius 2 is 1.84 bits per heavy atom. The molecule has 0 radical (unpaired) electrons. The fourth-order valence-corrected chi connectivity index (χ4v) is 6.14. The van der Waals surface area contributed by atoms with Crippen molar-refractivity contribution < 1.29 is 17.9 Å². The number of piperidine rings is 1. The highest BCUT2D eigenvalue weighted by Crippen LogP contribution is 2.59. The van der Waals surface area contributed by atoms with Crippen LogP contribution in [0.1, 0.15) is 22.5 Å². The van der Waals surface area contributed by atoms with Gasteiger partial charge in [-0.1, -0.05) is 0 Å². The topological polar surface area (TPSA) is 69.0 Å². The number of halogens is 3. The molecule has 7 nitrogen and oxygen atoms in total. The Balaban J connectivity index is 1.11. The van der Waals surface area contributed by atoms with E-state index >= 15 is 0 Å². The lowest BCUT2D eigenvalue weighted by molar-refractivity contribution is -0.137. The third-order valence-corrected chi connectivity index (χ3v) is 7.93. The number of nitrogens with zero attached hydrogens (tertiary/aromatic N) is 6. The van der Waals surface area contributed by atoms with Crippen LogP contribution in [0.4, 0.5) is 19.0 Å². The monoisotopic (exact) mass is 458 g/mol. The maximum absolute atomic E-state index is 13.0. The molecule has 32 heavy (non-hydrogen) atoms. The number of rotatable bonds is 3. The summed E-state index contributed by atoms with van der Waals surface area (Å²) in [5.74, 6) is 2.04. The standard InChI is InChI=1S/C21H17F3N6OS/c22-21(23,24)10-1-2-16-14(3-10)27-20(32-16)18-12-6-29(7-13(12)18)17-5-25-15-4-26-30(19(15)28-17)11-8-31-9-11/h1-5,11-13,18H,6-9H2/t12-,13+,18?. The van der Waals surface area contributed by atoms with Crippen LogP contribution in [0, 0.1) is 11.8 Å². The summed E-state index contributed by atoms with van der Waals surface area (Å²) in [5.41, 5.74) is 1.34. The molecule has 1 unspecified atom stereocenters. The highest BCUT2D eigenvalue weighted by Gasteiger charge is 2.58. The number of aromatic nitrogens is 5. The van der Waals surface area contributed by atoms with E-state index in [1.807, 2.05) is 4.68 Å². The van der Waals surface area contributed by atoms with Crippen LogP contribution in [-0.4, -0.2) is 51.0 Å². The van der Waals surface area contributed by atoms with Crippen molar-refractivity contribution in [1.29, 1.82) is 0 Å². The van der Waals surface area contributed by atoms with Crippen LogP contribution in [0.3, 0.4) is 0 Å². The van der Waals surface area contributed by atoms with E-state index in [1.54, 1.807) is 12.4 Å². The maximum atomic E-state index is 13.0. The van der Waals surface area contributed by atoms with Crippen molar-refractivity contribution in [2.24, 2.45) is 11.8 Å². The summed E-state index contributed by atoms with van der Waals surface area (Å²) >= 11 is 1.51. The van der Waals surface area contributed by atoms with E-state index in [0.717, 1.165) is 51.9 Å². The predicted octanol–water partition coefficient (Wildman–Crippen LogP) is 3.88. The molecule has 1 saturated carbocycles. The lowest BCUT2D eigenvalue weighted by Crippen LogP contribution is -2.31. The molecule has 3 atom stereocenters. The molecule has 11 heteroatoms. The molecule has 5 heterocycles. The molecule has 0 bridgehead atoms. The lowest BCUT2D eigenvalue weighted by atomic mass is 10.2. The molecular formula is C21H17F3N6OS. The van der Waals surface area contributed by atoms with Crippen LogP contribution < -0.4 is 4.90 Å². The molecule has 2 aliphatic heterocycles. The third-order valence-electron chi connectivity index (χ3n) is 6.79. The summed E-state index contributed by atoms with van der Waals surface area (Å²) in [4.78, 5) is 16.2. The van der Waals surface area contributed by atoms with Crippen LogP contribution in [0.25, 0.3) is 21.4 Å². The average Bonchev–Trinajstić information content (AvgIpc) is 3.14. The molecule has 3 aromatic heterocycles. The second-order valence-corrected chi connectivity index (χ2v) is 9.77.